The van der Waals surface area contributed by atoms with Crippen LogP contribution in [0.25, 0.3) is 0 Å². The molecule has 2 N–H and O–H groups in total. The first-order valence-electron chi connectivity index (χ1n) is 6.67. The summed E-state index contributed by atoms with van der Waals surface area (Å²) in [6.45, 7) is 7.15. The van der Waals surface area contributed by atoms with Gasteiger partial charge in [-0.1, -0.05) is 59.8 Å². The van der Waals surface area contributed by atoms with Gasteiger partial charge in [-0.15, -0.1) is 0 Å². The first-order chi connectivity index (χ1) is 8.20. The molecular weight excluding hydrogens is 272 g/mol. The molecule has 0 heterocycles. The first-order valence-corrected chi connectivity index (χ1v) is 6.67. The van der Waals surface area contributed by atoms with Crippen molar-refractivity contribution in [2.45, 2.75) is 66.2 Å². The van der Waals surface area contributed by atoms with E-state index in [-0.39, 0.29) is 47.0 Å². The fraction of sp³-hybridized carbons (Fsp3) is 0.857. The number of rotatable bonds is 8. The molecule has 0 saturated carbocycles. The minimum absolute atomic E-state index is 0. The molecule has 0 aromatic heterocycles. The summed E-state index contributed by atoms with van der Waals surface area (Å²) in [6, 6.07) is 0. The van der Waals surface area contributed by atoms with Gasteiger partial charge in [-0.3, -0.25) is 9.59 Å². The van der Waals surface area contributed by atoms with Crippen LogP contribution in [0.15, 0.2) is 0 Å². The normalized spacial score (nSPS) is 11.8. The SMILES string of the molecule is CCCCCCCC(C(=O)O)(C(=O)O)C(C)(C)C.[Ca+2].[H-].[H-]. The van der Waals surface area contributed by atoms with Gasteiger partial charge in [-0.25, -0.2) is 0 Å². The van der Waals surface area contributed by atoms with E-state index in [2.05, 4.69) is 6.92 Å². The van der Waals surface area contributed by atoms with E-state index < -0.39 is 22.8 Å². The molecule has 0 spiro atoms. The molecule has 0 rings (SSSR count). The molecule has 0 radical (unpaired) electrons. The Labute approximate surface area is 148 Å². The van der Waals surface area contributed by atoms with E-state index in [4.69, 9.17) is 0 Å². The quantitative estimate of drug-likeness (QED) is 0.409. The standard InChI is InChI=1S/C14H26O4.Ca.2H/c1-5-6-7-8-9-10-14(11(15)16,12(17)18)13(2,3)4;;;/h5-10H2,1-4H3,(H,15,16)(H,17,18);;;/q;+2;2*-1. The molecule has 0 aromatic carbocycles. The van der Waals surface area contributed by atoms with Crippen LogP contribution in [0, 0.1) is 10.8 Å². The van der Waals surface area contributed by atoms with E-state index in [1.165, 1.54) is 0 Å². The summed E-state index contributed by atoms with van der Waals surface area (Å²) in [7, 11) is 0. The Morgan fingerprint density at radius 2 is 1.37 bits per heavy atom. The monoisotopic (exact) mass is 300 g/mol. The summed E-state index contributed by atoms with van der Waals surface area (Å²) in [4.78, 5) is 22.9. The molecule has 5 heteroatoms. The minimum Gasteiger partial charge on any atom is -1.00 e. The molecule has 0 bridgehead atoms. The third kappa shape index (κ3) is 5.60. The second-order valence-electron chi connectivity index (χ2n) is 5.93. The van der Waals surface area contributed by atoms with Crippen LogP contribution >= 0.6 is 0 Å². The van der Waals surface area contributed by atoms with Crippen LogP contribution in [0.4, 0.5) is 0 Å². The van der Waals surface area contributed by atoms with Gasteiger partial charge in [0.15, 0.2) is 5.41 Å². The van der Waals surface area contributed by atoms with Crippen LogP contribution in [0.3, 0.4) is 0 Å². The molecule has 0 amide bonds. The van der Waals surface area contributed by atoms with Crippen molar-refractivity contribution in [2.75, 3.05) is 0 Å². The van der Waals surface area contributed by atoms with Crippen LogP contribution in [0.5, 0.6) is 0 Å². The maximum Gasteiger partial charge on any atom is 2.00 e. The van der Waals surface area contributed by atoms with Crippen LogP contribution in [0.2, 0.25) is 0 Å². The van der Waals surface area contributed by atoms with Gasteiger partial charge in [0.05, 0.1) is 0 Å². The van der Waals surface area contributed by atoms with Crippen molar-refractivity contribution in [3.05, 3.63) is 0 Å². The van der Waals surface area contributed by atoms with Crippen LogP contribution in [-0.4, -0.2) is 59.9 Å². The zero-order valence-corrected chi connectivity index (χ0v) is 14.9. The summed E-state index contributed by atoms with van der Waals surface area (Å²) in [5, 5.41) is 18.7. The van der Waals surface area contributed by atoms with Gasteiger partial charge in [0.25, 0.3) is 0 Å². The topological polar surface area (TPSA) is 74.6 Å². The molecule has 4 nitrogen and oxygen atoms in total. The Morgan fingerprint density at radius 3 is 1.68 bits per heavy atom. The summed E-state index contributed by atoms with van der Waals surface area (Å²) < 4.78 is 0. The number of carboxylic acids is 2. The van der Waals surface area contributed by atoms with Crippen LogP contribution < -0.4 is 0 Å². The summed E-state index contributed by atoms with van der Waals surface area (Å²) >= 11 is 0. The Balaban J connectivity index is -0.000000482. The van der Waals surface area contributed by atoms with Gasteiger partial charge in [0, 0.05) is 0 Å². The molecule has 0 unspecified atom stereocenters. The summed E-state index contributed by atoms with van der Waals surface area (Å²) in [5.74, 6) is -2.45. The molecule has 0 atom stereocenters. The third-order valence-corrected chi connectivity index (χ3v) is 3.67. The van der Waals surface area contributed by atoms with Crippen molar-refractivity contribution >= 4 is 49.7 Å². The molecule has 110 valence electrons. The summed E-state index contributed by atoms with van der Waals surface area (Å²) in [5.41, 5.74) is -2.48. The Kier molecular flexibility index (Phi) is 10.4. The number of aliphatic carboxylic acids is 2. The number of carbonyl (C=O) groups is 2. The number of unbranched alkanes of at least 4 members (excludes halogenated alkanes) is 4. The van der Waals surface area contributed by atoms with Crippen molar-refractivity contribution in [1.82, 2.24) is 0 Å². The maximum absolute atomic E-state index is 11.4. The molecule has 0 aliphatic heterocycles. The van der Waals surface area contributed by atoms with Crippen molar-refractivity contribution in [2.24, 2.45) is 10.8 Å². The van der Waals surface area contributed by atoms with E-state index in [0.29, 0.717) is 6.42 Å². The Hall–Kier alpha value is 0.200. The smallest absolute Gasteiger partial charge is 1.00 e. The van der Waals surface area contributed by atoms with Gasteiger partial charge in [0.2, 0.25) is 0 Å². The zero-order valence-electron chi connectivity index (χ0n) is 14.7. The van der Waals surface area contributed by atoms with Crippen molar-refractivity contribution in [3.8, 4) is 0 Å². The van der Waals surface area contributed by atoms with E-state index in [0.717, 1.165) is 25.7 Å². The van der Waals surface area contributed by atoms with Crippen molar-refractivity contribution < 1.29 is 22.7 Å². The number of carboxylic acid groups (broad SMARTS) is 2. The van der Waals surface area contributed by atoms with Crippen LogP contribution in [-0.2, 0) is 9.59 Å². The second-order valence-corrected chi connectivity index (χ2v) is 5.93. The predicted octanol–water partition coefficient (Wildman–Crippen LogP) is 3.39. The van der Waals surface area contributed by atoms with Crippen molar-refractivity contribution in [1.29, 1.82) is 0 Å². The van der Waals surface area contributed by atoms with Gasteiger partial charge in [-0.2, -0.15) is 0 Å². The van der Waals surface area contributed by atoms with Crippen molar-refractivity contribution in [3.63, 3.8) is 0 Å². The Morgan fingerprint density at radius 1 is 0.947 bits per heavy atom. The maximum atomic E-state index is 11.4. The molecule has 19 heavy (non-hydrogen) atoms. The first kappa shape index (κ1) is 21.5. The third-order valence-electron chi connectivity index (χ3n) is 3.67. The number of hydrogen-bond donors (Lipinski definition) is 2. The largest absolute Gasteiger partial charge is 2.00 e. The molecule has 0 aromatic rings. The van der Waals surface area contributed by atoms with Gasteiger partial charge >= 0.3 is 49.7 Å². The Bertz CT molecular complexity index is 290. The predicted molar refractivity (Wildman–Crippen MR) is 78.5 cm³/mol. The molecule has 0 fully saturated rings. The van der Waals surface area contributed by atoms with Gasteiger partial charge in [-0.05, 0) is 11.8 Å². The fourth-order valence-corrected chi connectivity index (χ4v) is 2.32. The van der Waals surface area contributed by atoms with Gasteiger partial charge < -0.3 is 13.1 Å². The second kappa shape index (κ2) is 9.19. The molecule has 0 saturated heterocycles. The van der Waals surface area contributed by atoms with E-state index in [9.17, 15) is 19.8 Å². The summed E-state index contributed by atoms with van der Waals surface area (Å²) in [6.07, 6.45) is 5.01. The zero-order chi connectivity index (χ0) is 14.4. The molecular formula is C14H28CaO4. The van der Waals surface area contributed by atoms with E-state index in [1.54, 1.807) is 20.8 Å². The average Bonchev–Trinajstić information content (AvgIpc) is 2.20. The van der Waals surface area contributed by atoms with E-state index in [1.807, 2.05) is 0 Å². The minimum atomic E-state index is -1.68. The van der Waals surface area contributed by atoms with Gasteiger partial charge in [0.1, 0.15) is 0 Å². The fourth-order valence-electron chi connectivity index (χ4n) is 2.32. The number of hydrogen-bond acceptors (Lipinski definition) is 2. The average molecular weight is 300 g/mol. The molecule has 0 aliphatic carbocycles. The van der Waals surface area contributed by atoms with Crippen LogP contribution in [0.1, 0.15) is 69.1 Å². The van der Waals surface area contributed by atoms with E-state index >= 15 is 0 Å². The molecule has 0 aliphatic rings.